The van der Waals surface area contributed by atoms with Crippen molar-refractivity contribution in [2.75, 3.05) is 20.3 Å². The molecule has 1 aliphatic rings. The number of carbonyl (C=O) groups excluding carboxylic acids is 1. The van der Waals surface area contributed by atoms with Gasteiger partial charge in [0.1, 0.15) is 17.1 Å². The zero-order valence-corrected chi connectivity index (χ0v) is 21.4. The molecule has 37 heavy (non-hydrogen) atoms. The number of fused-ring (bicyclic) bond motifs is 2. The molecule has 0 spiro atoms. The Balaban J connectivity index is 1.53. The molecule has 0 saturated carbocycles. The van der Waals surface area contributed by atoms with Crippen molar-refractivity contribution in [3.63, 3.8) is 0 Å². The molecule has 1 amide bonds. The van der Waals surface area contributed by atoms with E-state index >= 15 is 0 Å². The summed E-state index contributed by atoms with van der Waals surface area (Å²) < 4.78 is 17.3. The number of hydrogen-bond donors (Lipinski definition) is 0. The van der Waals surface area contributed by atoms with E-state index < -0.39 is 6.04 Å². The molecule has 1 atom stereocenters. The fourth-order valence-corrected chi connectivity index (χ4v) is 4.77. The predicted octanol–water partition coefficient (Wildman–Crippen LogP) is 6.01. The first-order chi connectivity index (χ1) is 18.0. The number of amides is 1. The second kappa shape index (κ2) is 10.5. The van der Waals surface area contributed by atoms with Gasteiger partial charge in [-0.15, -0.1) is 0 Å². The van der Waals surface area contributed by atoms with E-state index in [9.17, 15) is 9.59 Å². The van der Waals surface area contributed by atoms with E-state index in [0.717, 1.165) is 29.0 Å². The number of benzene rings is 3. The number of hydrogen-bond acceptors (Lipinski definition) is 5. The molecule has 0 fully saturated rings. The van der Waals surface area contributed by atoms with Crippen LogP contribution in [0, 0.1) is 5.92 Å². The Hall–Kier alpha value is -4.06. The molecule has 0 radical (unpaired) electrons. The lowest BCUT2D eigenvalue weighted by atomic mass is 9.98. The van der Waals surface area contributed by atoms with Crippen LogP contribution in [0.25, 0.3) is 11.0 Å². The van der Waals surface area contributed by atoms with Gasteiger partial charge in [0.2, 0.25) is 5.76 Å². The third-order valence-electron chi connectivity index (χ3n) is 6.81. The molecular weight excluding hydrogens is 466 g/mol. The number of methoxy groups -OCH3 is 1. The zero-order valence-electron chi connectivity index (χ0n) is 21.4. The zero-order chi connectivity index (χ0) is 25.9. The molecule has 3 aromatic carbocycles. The number of para-hydroxylation sites is 1. The van der Waals surface area contributed by atoms with Crippen LogP contribution in [0.5, 0.6) is 11.5 Å². The Bertz CT molecular complexity index is 1470. The van der Waals surface area contributed by atoms with Crippen molar-refractivity contribution >= 4 is 16.9 Å². The van der Waals surface area contributed by atoms with Crippen LogP contribution in [0.2, 0.25) is 0 Å². The molecule has 0 bridgehead atoms. The summed E-state index contributed by atoms with van der Waals surface area (Å²) in [5.74, 6) is 1.88. The fourth-order valence-electron chi connectivity index (χ4n) is 4.77. The topological polar surface area (TPSA) is 69.0 Å². The van der Waals surface area contributed by atoms with Crippen molar-refractivity contribution < 1.29 is 18.7 Å². The van der Waals surface area contributed by atoms with Crippen molar-refractivity contribution in [2.45, 2.75) is 32.7 Å². The van der Waals surface area contributed by atoms with Gasteiger partial charge in [-0.3, -0.25) is 9.59 Å². The van der Waals surface area contributed by atoms with E-state index in [2.05, 4.69) is 13.8 Å². The lowest BCUT2D eigenvalue weighted by Gasteiger charge is -2.25. The Morgan fingerprint density at radius 3 is 2.49 bits per heavy atom. The van der Waals surface area contributed by atoms with Crippen molar-refractivity contribution in [2.24, 2.45) is 5.92 Å². The van der Waals surface area contributed by atoms with Crippen molar-refractivity contribution in [1.29, 1.82) is 0 Å². The maximum absolute atomic E-state index is 13.7. The highest BCUT2D eigenvalue weighted by atomic mass is 16.5. The van der Waals surface area contributed by atoms with Gasteiger partial charge in [-0.25, -0.2) is 0 Å². The first kappa shape index (κ1) is 24.6. The van der Waals surface area contributed by atoms with Crippen LogP contribution in [-0.4, -0.2) is 31.1 Å². The number of carbonyl (C=O) groups is 1. The maximum atomic E-state index is 13.7. The van der Waals surface area contributed by atoms with E-state index in [-0.39, 0.29) is 17.1 Å². The molecule has 5 rings (SSSR count). The average Bonchev–Trinajstić information content (AvgIpc) is 3.19. The second-order valence-electron chi connectivity index (χ2n) is 9.77. The van der Waals surface area contributed by atoms with E-state index in [1.165, 1.54) is 0 Å². The molecular formula is C31H31NO5. The van der Waals surface area contributed by atoms with Crippen molar-refractivity contribution in [1.82, 2.24) is 4.90 Å². The van der Waals surface area contributed by atoms with Gasteiger partial charge in [0.05, 0.1) is 30.7 Å². The van der Waals surface area contributed by atoms with Gasteiger partial charge in [0.25, 0.3) is 5.91 Å². The first-order valence-electron chi connectivity index (χ1n) is 12.7. The molecule has 0 N–H and O–H groups in total. The van der Waals surface area contributed by atoms with Crippen LogP contribution in [0.15, 0.2) is 82.0 Å². The summed E-state index contributed by atoms with van der Waals surface area (Å²) >= 11 is 0. The highest BCUT2D eigenvalue weighted by Gasteiger charge is 2.42. The van der Waals surface area contributed by atoms with Gasteiger partial charge in [0, 0.05) is 6.54 Å². The Morgan fingerprint density at radius 2 is 1.73 bits per heavy atom. The molecule has 1 unspecified atom stereocenters. The molecule has 0 saturated heterocycles. The second-order valence-corrected chi connectivity index (χ2v) is 9.77. The molecule has 0 aliphatic carbocycles. The summed E-state index contributed by atoms with van der Waals surface area (Å²) in [4.78, 5) is 29.1. The molecule has 6 nitrogen and oxygen atoms in total. The summed E-state index contributed by atoms with van der Waals surface area (Å²) in [6, 6.07) is 22.0. The molecule has 4 aromatic rings. The van der Waals surface area contributed by atoms with Gasteiger partial charge in [-0.2, -0.15) is 0 Å². The van der Waals surface area contributed by atoms with Crippen LogP contribution < -0.4 is 14.9 Å². The van der Waals surface area contributed by atoms with Crippen LogP contribution in [-0.2, 0) is 6.42 Å². The number of rotatable bonds is 9. The van der Waals surface area contributed by atoms with Gasteiger partial charge in [-0.05, 0) is 66.3 Å². The van der Waals surface area contributed by atoms with Crippen LogP contribution in [0.3, 0.4) is 0 Å². The minimum Gasteiger partial charge on any atom is -0.497 e. The van der Waals surface area contributed by atoms with Crippen molar-refractivity contribution in [3.8, 4) is 11.5 Å². The van der Waals surface area contributed by atoms with E-state index in [0.29, 0.717) is 42.0 Å². The third kappa shape index (κ3) is 4.96. The fraction of sp³-hybridized carbons (Fsp3) is 0.290. The normalized spacial score (nSPS) is 14.9. The lowest BCUT2D eigenvalue weighted by Crippen LogP contribution is -2.31. The summed E-state index contributed by atoms with van der Waals surface area (Å²) in [7, 11) is 1.63. The monoisotopic (exact) mass is 497 g/mol. The summed E-state index contributed by atoms with van der Waals surface area (Å²) in [5, 5.41) is 0.473. The number of nitrogens with zero attached hydrogens (tertiary/aromatic N) is 1. The average molecular weight is 498 g/mol. The largest absolute Gasteiger partial charge is 0.497 e. The Labute approximate surface area is 216 Å². The molecule has 1 aliphatic heterocycles. The highest BCUT2D eigenvalue weighted by Crippen LogP contribution is 2.39. The maximum Gasteiger partial charge on any atom is 0.290 e. The summed E-state index contributed by atoms with van der Waals surface area (Å²) in [6.45, 7) is 5.35. The van der Waals surface area contributed by atoms with Gasteiger partial charge in [0.15, 0.2) is 5.43 Å². The highest BCUT2D eigenvalue weighted by molar-refractivity contribution is 5.99. The standard InChI is InChI=1S/C31H31NO5/c1-20(2)16-18-36-24-8-6-7-22(19-24)28-27-29(33)25-9-4-5-10-26(25)37-30(27)31(34)32(28)17-15-21-11-13-23(35-3)14-12-21/h4-14,19-20,28H,15-18H2,1-3H3. The van der Waals surface area contributed by atoms with Crippen LogP contribution in [0.4, 0.5) is 0 Å². The first-order valence-corrected chi connectivity index (χ1v) is 12.7. The van der Waals surface area contributed by atoms with Gasteiger partial charge < -0.3 is 18.8 Å². The smallest absolute Gasteiger partial charge is 0.290 e. The lowest BCUT2D eigenvalue weighted by molar-refractivity contribution is 0.0729. The molecule has 190 valence electrons. The van der Waals surface area contributed by atoms with E-state index in [4.69, 9.17) is 13.9 Å². The summed E-state index contributed by atoms with van der Waals surface area (Å²) in [6.07, 6.45) is 1.57. The summed E-state index contributed by atoms with van der Waals surface area (Å²) in [5.41, 5.74) is 2.53. The van der Waals surface area contributed by atoms with E-state index in [1.807, 2.05) is 54.6 Å². The SMILES string of the molecule is COc1ccc(CCN2C(=O)c3oc4ccccc4c(=O)c3C2c2cccc(OCCC(C)C)c2)cc1. The minimum absolute atomic E-state index is 0.120. The van der Waals surface area contributed by atoms with Crippen LogP contribution >= 0.6 is 0 Å². The van der Waals surface area contributed by atoms with Gasteiger partial charge in [-0.1, -0.05) is 50.2 Å². The number of ether oxygens (including phenoxy) is 2. The Morgan fingerprint density at radius 1 is 0.946 bits per heavy atom. The third-order valence-corrected chi connectivity index (χ3v) is 6.81. The molecule has 6 heteroatoms. The quantitative estimate of drug-likeness (QED) is 0.283. The molecule has 2 heterocycles. The van der Waals surface area contributed by atoms with Gasteiger partial charge >= 0.3 is 0 Å². The van der Waals surface area contributed by atoms with Crippen LogP contribution in [0.1, 0.15) is 53.6 Å². The molecule has 1 aromatic heterocycles. The Kier molecular flexibility index (Phi) is 6.99. The van der Waals surface area contributed by atoms with Crippen molar-refractivity contribution in [3.05, 3.63) is 105 Å². The predicted molar refractivity (Wildman–Crippen MR) is 143 cm³/mol. The van der Waals surface area contributed by atoms with E-state index in [1.54, 1.807) is 30.2 Å². The minimum atomic E-state index is -0.560.